The highest BCUT2D eigenvalue weighted by atomic mass is 16.5. The molecule has 9 heteroatoms. The molecular formula is C34H62N2O7. The minimum atomic E-state index is -1.39. The summed E-state index contributed by atoms with van der Waals surface area (Å²) in [7, 11) is 0. The number of amides is 2. The fraction of sp³-hybridized carbons (Fsp3) is 0.824. The standard InChI is InChI=1S/C34H62N2O7/c1-3-5-7-9-11-12-14-15-19-23-29(43-33(40)26-22-16-13-10-8-6-4-2)24-20-17-18-21-25-31(38)35-27-32(39)36-30(28-37)34(41)42/h19,23,29-30,37H,3-18,20-22,24-28H2,1-2H3,(H,35,38)(H,36,39)(H,41,42)/b23-19-. The van der Waals surface area contributed by atoms with Crippen LogP contribution in [0.4, 0.5) is 0 Å². The van der Waals surface area contributed by atoms with Crippen molar-refractivity contribution in [1.29, 1.82) is 0 Å². The maximum atomic E-state index is 12.5. The van der Waals surface area contributed by atoms with Crippen molar-refractivity contribution in [2.75, 3.05) is 13.2 Å². The van der Waals surface area contributed by atoms with Gasteiger partial charge in [-0.05, 0) is 44.6 Å². The predicted octanol–water partition coefficient (Wildman–Crippen LogP) is 6.75. The number of hydrogen-bond donors (Lipinski definition) is 4. The smallest absolute Gasteiger partial charge is 0.328 e. The van der Waals surface area contributed by atoms with Crippen LogP contribution in [-0.4, -0.2) is 59.3 Å². The van der Waals surface area contributed by atoms with Crippen molar-refractivity contribution in [3.8, 4) is 0 Å². The summed E-state index contributed by atoms with van der Waals surface area (Å²) in [5, 5.41) is 22.4. The number of esters is 1. The van der Waals surface area contributed by atoms with E-state index in [1.165, 1.54) is 70.6 Å². The van der Waals surface area contributed by atoms with E-state index in [0.717, 1.165) is 51.4 Å². The Balaban J connectivity index is 4.35. The Kier molecular flexibility index (Phi) is 28.0. The van der Waals surface area contributed by atoms with E-state index in [1.807, 2.05) is 0 Å². The molecule has 250 valence electrons. The van der Waals surface area contributed by atoms with Gasteiger partial charge in [0.1, 0.15) is 12.1 Å². The molecule has 0 aliphatic heterocycles. The lowest BCUT2D eigenvalue weighted by Gasteiger charge is -2.15. The number of ether oxygens (including phenoxy) is 1. The van der Waals surface area contributed by atoms with E-state index < -0.39 is 24.5 Å². The molecule has 0 bridgehead atoms. The summed E-state index contributed by atoms with van der Waals surface area (Å²) < 4.78 is 5.84. The van der Waals surface area contributed by atoms with E-state index in [0.29, 0.717) is 12.8 Å². The second-order valence-corrected chi connectivity index (χ2v) is 11.6. The molecule has 0 aromatic rings. The van der Waals surface area contributed by atoms with Crippen molar-refractivity contribution in [2.24, 2.45) is 0 Å². The lowest BCUT2D eigenvalue weighted by molar-refractivity contribution is -0.147. The number of hydrogen-bond acceptors (Lipinski definition) is 6. The van der Waals surface area contributed by atoms with Crippen molar-refractivity contribution >= 4 is 23.8 Å². The Morgan fingerprint density at radius 1 is 0.698 bits per heavy atom. The molecule has 0 rings (SSSR count). The van der Waals surface area contributed by atoms with Gasteiger partial charge in [-0.25, -0.2) is 4.79 Å². The molecule has 0 aliphatic rings. The number of carboxylic acid groups (broad SMARTS) is 1. The van der Waals surface area contributed by atoms with Crippen LogP contribution in [0.15, 0.2) is 12.2 Å². The van der Waals surface area contributed by atoms with Gasteiger partial charge in [0.15, 0.2) is 0 Å². The SMILES string of the molecule is CCCCCCCCC/C=C\C(CCCCCCC(=O)NCC(=O)NC(CO)C(=O)O)OC(=O)CCCCCCCCC. The van der Waals surface area contributed by atoms with Gasteiger partial charge in [0.05, 0.1) is 13.2 Å². The van der Waals surface area contributed by atoms with Crippen molar-refractivity contribution in [3.05, 3.63) is 12.2 Å². The van der Waals surface area contributed by atoms with Gasteiger partial charge in [-0.15, -0.1) is 0 Å². The van der Waals surface area contributed by atoms with Crippen molar-refractivity contribution in [1.82, 2.24) is 10.6 Å². The van der Waals surface area contributed by atoms with E-state index in [2.05, 4.69) is 36.6 Å². The number of aliphatic carboxylic acids is 1. The fourth-order valence-corrected chi connectivity index (χ4v) is 4.80. The molecule has 9 nitrogen and oxygen atoms in total. The first kappa shape index (κ1) is 40.6. The molecule has 0 spiro atoms. The summed E-state index contributed by atoms with van der Waals surface area (Å²) in [6.45, 7) is 3.39. The van der Waals surface area contributed by atoms with E-state index >= 15 is 0 Å². The average Bonchev–Trinajstić information content (AvgIpc) is 2.98. The Morgan fingerprint density at radius 3 is 1.81 bits per heavy atom. The number of carbonyl (C=O) groups excluding carboxylic acids is 3. The van der Waals surface area contributed by atoms with Crippen LogP contribution in [0, 0.1) is 0 Å². The second-order valence-electron chi connectivity index (χ2n) is 11.6. The van der Waals surface area contributed by atoms with Crippen LogP contribution < -0.4 is 10.6 Å². The summed E-state index contributed by atoms with van der Waals surface area (Å²) in [6, 6.07) is -1.39. The number of carboxylic acids is 1. The van der Waals surface area contributed by atoms with Gasteiger partial charge >= 0.3 is 11.9 Å². The number of aliphatic hydroxyl groups excluding tert-OH is 1. The summed E-state index contributed by atoms with van der Waals surface area (Å²) in [4.78, 5) is 47.1. The first-order valence-corrected chi connectivity index (χ1v) is 17.1. The van der Waals surface area contributed by atoms with Crippen molar-refractivity contribution < 1.29 is 34.1 Å². The lowest BCUT2D eigenvalue weighted by Crippen LogP contribution is -2.47. The molecule has 2 atom stereocenters. The maximum Gasteiger partial charge on any atom is 0.328 e. The molecule has 0 saturated carbocycles. The summed E-state index contributed by atoms with van der Waals surface area (Å²) >= 11 is 0. The molecule has 2 unspecified atom stereocenters. The van der Waals surface area contributed by atoms with Crippen molar-refractivity contribution in [2.45, 2.75) is 167 Å². The minimum Gasteiger partial charge on any atom is -0.480 e. The Bertz CT molecular complexity index is 757. The molecular weight excluding hydrogens is 548 g/mol. The monoisotopic (exact) mass is 610 g/mol. The van der Waals surface area contributed by atoms with Crippen LogP contribution in [0.5, 0.6) is 0 Å². The van der Waals surface area contributed by atoms with Crippen LogP contribution in [-0.2, 0) is 23.9 Å². The predicted molar refractivity (Wildman–Crippen MR) is 172 cm³/mol. The molecule has 0 aromatic heterocycles. The normalized spacial score (nSPS) is 12.6. The van der Waals surface area contributed by atoms with E-state index in [9.17, 15) is 19.2 Å². The molecule has 0 radical (unpaired) electrons. The van der Waals surface area contributed by atoms with Crippen molar-refractivity contribution in [3.63, 3.8) is 0 Å². The third-order valence-corrected chi connectivity index (χ3v) is 7.50. The highest BCUT2D eigenvalue weighted by Gasteiger charge is 2.18. The van der Waals surface area contributed by atoms with Crippen LogP contribution >= 0.6 is 0 Å². The molecule has 0 aliphatic carbocycles. The van der Waals surface area contributed by atoms with Gasteiger partial charge in [0.25, 0.3) is 0 Å². The van der Waals surface area contributed by atoms with E-state index in [4.69, 9.17) is 14.9 Å². The zero-order chi connectivity index (χ0) is 32.0. The number of allylic oxidation sites excluding steroid dienone is 1. The fourth-order valence-electron chi connectivity index (χ4n) is 4.80. The molecule has 2 amide bonds. The first-order chi connectivity index (χ1) is 20.8. The Labute approximate surface area is 261 Å². The van der Waals surface area contributed by atoms with Gasteiger partial charge in [-0.2, -0.15) is 0 Å². The molecule has 0 aromatic carbocycles. The zero-order valence-corrected chi connectivity index (χ0v) is 27.2. The maximum absolute atomic E-state index is 12.5. The summed E-state index contributed by atoms with van der Waals surface area (Å²) in [5.41, 5.74) is 0. The number of unbranched alkanes of at least 4 members (excludes halogenated alkanes) is 16. The van der Waals surface area contributed by atoms with Gasteiger partial charge in [0, 0.05) is 12.8 Å². The molecule has 43 heavy (non-hydrogen) atoms. The summed E-state index contributed by atoms with van der Waals surface area (Å²) in [6.07, 6.45) is 26.9. The van der Waals surface area contributed by atoms with Crippen LogP contribution in [0.1, 0.15) is 155 Å². The van der Waals surface area contributed by atoms with E-state index in [1.54, 1.807) is 0 Å². The van der Waals surface area contributed by atoms with Gasteiger partial charge in [-0.3, -0.25) is 14.4 Å². The average molecular weight is 611 g/mol. The molecule has 0 saturated heterocycles. The van der Waals surface area contributed by atoms with Crippen LogP contribution in [0.25, 0.3) is 0 Å². The minimum absolute atomic E-state index is 0.117. The van der Waals surface area contributed by atoms with Crippen LogP contribution in [0.3, 0.4) is 0 Å². The largest absolute Gasteiger partial charge is 0.480 e. The quantitative estimate of drug-likeness (QED) is 0.0400. The van der Waals surface area contributed by atoms with Crippen LogP contribution in [0.2, 0.25) is 0 Å². The molecule has 0 fully saturated rings. The topological polar surface area (TPSA) is 142 Å². The third kappa shape index (κ3) is 26.9. The highest BCUT2D eigenvalue weighted by Crippen LogP contribution is 2.15. The third-order valence-electron chi connectivity index (χ3n) is 7.50. The number of nitrogens with one attached hydrogen (secondary N) is 2. The lowest BCUT2D eigenvalue weighted by atomic mass is 10.1. The molecule has 0 heterocycles. The number of carbonyl (C=O) groups is 4. The summed E-state index contributed by atoms with van der Waals surface area (Å²) in [5.74, 6) is -2.40. The Morgan fingerprint density at radius 2 is 1.23 bits per heavy atom. The number of rotatable bonds is 30. The first-order valence-electron chi connectivity index (χ1n) is 17.1. The van der Waals surface area contributed by atoms with Gasteiger partial charge < -0.3 is 25.6 Å². The second kappa shape index (κ2) is 29.6. The van der Waals surface area contributed by atoms with Gasteiger partial charge in [-0.1, -0.05) is 110 Å². The van der Waals surface area contributed by atoms with E-state index in [-0.39, 0.29) is 30.9 Å². The molecule has 4 N–H and O–H groups in total. The van der Waals surface area contributed by atoms with Gasteiger partial charge in [0.2, 0.25) is 11.8 Å². The Hall–Kier alpha value is -2.42. The number of aliphatic hydroxyl groups is 1. The highest BCUT2D eigenvalue weighted by molar-refractivity contribution is 5.87. The zero-order valence-electron chi connectivity index (χ0n) is 27.2.